The van der Waals surface area contributed by atoms with Gasteiger partial charge >= 0.3 is 18.0 Å². The zero-order chi connectivity index (χ0) is 33.7. The summed E-state index contributed by atoms with van der Waals surface area (Å²) in [6, 6.07) is 17.6. The Morgan fingerprint density at radius 3 is 2.54 bits per heavy atom. The summed E-state index contributed by atoms with van der Waals surface area (Å²) in [5, 5.41) is 13.0. The van der Waals surface area contributed by atoms with Gasteiger partial charge in [-0.15, -0.1) is 0 Å². The minimum absolute atomic E-state index is 0.104. The highest BCUT2D eigenvalue weighted by Gasteiger charge is 2.61. The summed E-state index contributed by atoms with van der Waals surface area (Å²) in [7, 11) is 3.08. The fraction of sp³-hybridized carbons (Fsp3) is 0.417. The van der Waals surface area contributed by atoms with Crippen LogP contribution in [0, 0.1) is 5.92 Å². The number of carbonyl (C=O) groups is 3. The molecule has 0 unspecified atom stereocenters. The summed E-state index contributed by atoms with van der Waals surface area (Å²) in [6.45, 7) is 0.937. The number of fused-ring (bicyclic) bond motifs is 2. The van der Waals surface area contributed by atoms with Crippen LogP contribution in [0.3, 0.4) is 0 Å². The average molecular weight is 656 g/mol. The molecule has 1 aromatic heterocycles. The second-order valence-corrected chi connectivity index (χ2v) is 12.5. The Bertz CT molecular complexity index is 1650. The number of urea groups is 1. The van der Waals surface area contributed by atoms with Gasteiger partial charge in [-0.1, -0.05) is 61.0 Å². The molecule has 0 radical (unpaired) electrons. The molecule has 3 heterocycles. The predicted octanol–water partition coefficient (Wildman–Crippen LogP) is 4.69. The van der Waals surface area contributed by atoms with Gasteiger partial charge in [-0.2, -0.15) is 9.97 Å². The number of rotatable bonds is 8. The number of aromatic nitrogens is 2. The Labute approximate surface area is 279 Å². The third-order valence-corrected chi connectivity index (χ3v) is 9.25. The molecule has 1 aliphatic carbocycles. The summed E-state index contributed by atoms with van der Waals surface area (Å²) >= 11 is 0. The van der Waals surface area contributed by atoms with Crippen LogP contribution in [0.25, 0.3) is 11.3 Å². The number of carbonyl (C=O) groups excluding carboxylic acids is 2. The SMILES string of the molecule is COc1ccc(CN2CCCCC/C=C\[C@@H]3C[C@@]3(C(=O)O)NC(=O)[C@@H]3C[C@@H](Oc4cc(-c5ccccc5)nc(OC)n4)CN3C2=O)cc1. The van der Waals surface area contributed by atoms with Crippen molar-refractivity contribution in [2.24, 2.45) is 5.92 Å². The van der Waals surface area contributed by atoms with Crippen molar-refractivity contribution < 1.29 is 33.7 Å². The Kier molecular flexibility index (Phi) is 9.79. The van der Waals surface area contributed by atoms with Crippen molar-refractivity contribution in [3.8, 4) is 28.9 Å². The molecule has 3 aromatic rings. The van der Waals surface area contributed by atoms with Crippen LogP contribution in [-0.4, -0.2) is 87.8 Å². The number of hydrogen-bond acceptors (Lipinski definition) is 8. The van der Waals surface area contributed by atoms with E-state index in [2.05, 4.69) is 15.3 Å². The first-order valence-electron chi connectivity index (χ1n) is 16.4. The molecule has 2 aliphatic heterocycles. The maximum atomic E-state index is 14.4. The smallest absolute Gasteiger partial charge is 0.330 e. The van der Waals surface area contributed by atoms with Crippen LogP contribution in [0.15, 0.2) is 72.8 Å². The maximum Gasteiger partial charge on any atom is 0.330 e. The summed E-state index contributed by atoms with van der Waals surface area (Å²) in [6.07, 6.45) is 7.16. The molecule has 3 aliphatic rings. The fourth-order valence-electron chi connectivity index (χ4n) is 6.47. The summed E-state index contributed by atoms with van der Waals surface area (Å²) in [5.74, 6) is -0.948. The topological polar surface area (TPSA) is 143 Å². The minimum atomic E-state index is -1.39. The van der Waals surface area contributed by atoms with E-state index in [0.29, 0.717) is 31.0 Å². The lowest BCUT2D eigenvalue weighted by atomic mass is 10.1. The van der Waals surface area contributed by atoms with Gasteiger partial charge in [0.1, 0.15) is 23.4 Å². The van der Waals surface area contributed by atoms with Crippen molar-refractivity contribution in [3.63, 3.8) is 0 Å². The van der Waals surface area contributed by atoms with Gasteiger partial charge in [0.15, 0.2) is 0 Å². The van der Waals surface area contributed by atoms with Crippen LogP contribution < -0.4 is 19.5 Å². The molecule has 0 spiro atoms. The number of hydrogen-bond donors (Lipinski definition) is 2. The monoisotopic (exact) mass is 655 g/mol. The van der Waals surface area contributed by atoms with Gasteiger partial charge < -0.3 is 34.4 Å². The van der Waals surface area contributed by atoms with E-state index in [1.54, 1.807) is 18.1 Å². The highest BCUT2D eigenvalue weighted by molar-refractivity contribution is 5.94. The second-order valence-electron chi connectivity index (χ2n) is 12.5. The van der Waals surface area contributed by atoms with Crippen LogP contribution in [0.4, 0.5) is 4.79 Å². The molecule has 3 amide bonds. The van der Waals surface area contributed by atoms with Crippen molar-refractivity contribution in [2.75, 3.05) is 27.3 Å². The third kappa shape index (κ3) is 7.22. The van der Waals surface area contributed by atoms with Crippen LogP contribution >= 0.6 is 0 Å². The van der Waals surface area contributed by atoms with Gasteiger partial charge in [0.2, 0.25) is 11.8 Å². The molecule has 12 nitrogen and oxygen atoms in total. The van der Waals surface area contributed by atoms with E-state index in [1.165, 1.54) is 12.0 Å². The van der Waals surface area contributed by atoms with Crippen molar-refractivity contribution >= 4 is 17.9 Å². The van der Waals surface area contributed by atoms with Gasteiger partial charge in [0.25, 0.3) is 0 Å². The largest absolute Gasteiger partial charge is 0.497 e. The number of nitrogens with zero attached hydrogens (tertiary/aromatic N) is 4. The quantitative estimate of drug-likeness (QED) is 0.330. The van der Waals surface area contributed by atoms with Gasteiger partial charge in [0, 0.05) is 37.1 Å². The van der Waals surface area contributed by atoms with Crippen molar-refractivity contribution in [1.29, 1.82) is 0 Å². The maximum absolute atomic E-state index is 14.4. The first-order chi connectivity index (χ1) is 23.3. The normalized spacial score (nSPS) is 25.1. The number of nitrogens with one attached hydrogen (secondary N) is 1. The Hall–Kier alpha value is -5.13. The second kappa shape index (κ2) is 14.3. The molecule has 12 heteroatoms. The molecule has 2 N–H and O–H groups in total. The van der Waals surface area contributed by atoms with E-state index < -0.39 is 29.6 Å². The highest BCUT2D eigenvalue weighted by Crippen LogP contribution is 2.45. The van der Waals surface area contributed by atoms with E-state index in [9.17, 15) is 19.5 Å². The minimum Gasteiger partial charge on any atom is -0.497 e. The third-order valence-electron chi connectivity index (χ3n) is 9.25. The standard InChI is InChI=1S/C36H41N5O7/c1-46-27-16-14-24(15-17-27)22-40-18-10-5-3-4-9-13-26-21-36(26,33(43)44)39-32(42)30-19-28(23-41(30)35(40)45)48-31-20-29(37-34(38-31)47-2)25-11-7-6-8-12-25/h6-9,11-17,20,26,28,30H,3-5,10,18-19,21-23H2,1-2H3,(H,39,42)(H,43,44)/b13-9-/t26-,28-,30+,36-/m1/s1. The first-order valence-corrected chi connectivity index (χ1v) is 16.4. The molecule has 2 fully saturated rings. The van der Waals surface area contributed by atoms with Crippen molar-refractivity contribution in [1.82, 2.24) is 25.1 Å². The van der Waals surface area contributed by atoms with E-state index in [0.717, 1.165) is 36.8 Å². The number of aliphatic carboxylic acids is 1. The zero-order valence-electron chi connectivity index (χ0n) is 27.2. The predicted molar refractivity (Wildman–Crippen MR) is 177 cm³/mol. The Morgan fingerprint density at radius 2 is 1.81 bits per heavy atom. The molecule has 48 heavy (non-hydrogen) atoms. The van der Waals surface area contributed by atoms with Crippen LogP contribution in [-0.2, 0) is 16.1 Å². The number of allylic oxidation sites excluding steroid dienone is 1. The lowest BCUT2D eigenvalue weighted by molar-refractivity contribution is -0.144. The molecule has 2 aromatic carbocycles. The summed E-state index contributed by atoms with van der Waals surface area (Å²) in [4.78, 5) is 52.9. The highest BCUT2D eigenvalue weighted by atomic mass is 16.5. The molecule has 1 saturated carbocycles. The molecule has 6 rings (SSSR count). The van der Waals surface area contributed by atoms with Gasteiger partial charge in [0.05, 0.1) is 26.5 Å². The van der Waals surface area contributed by atoms with Crippen LogP contribution in [0.1, 0.15) is 44.1 Å². The lowest BCUT2D eigenvalue weighted by Gasteiger charge is -2.32. The number of carboxylic acids is 1. The lowest BCUT2D eigenvalue weighted by Crippen LogP contribution is -2.55. The first kappa shape index (κ1) is 32.8. The summed E-state index contributed by atoms with van der Waals surface area (Å²) < 4.78 is 17.0. The van der Waals surface area contributed by atoms with E-state index in [-0.39, 0.29) is 36.8 Å². The van der Waals surface area contributed by atoms with Gasteiger partial charge in [-0.05, 0) is 43.4 Å². The summed E-state index contributed by atoms with van der Waals surface area (Å²) in [5.41, 5.74) is 0.971. The fourth-order valence-corrected chi connectivity index (χ4v) is 6.47. The van der Waals surface area contributed by atoms with Gasteiger partial charge in [-0.3, -0.25) is 4.79 Å². The average Bonchev–Trinajstić information content (AvgIpc) is 3.64. The molecular weight excluding hydrogens is 614 g/mol. The van der Waals surface area contributed by atoms with E-state index >= 15 is 0 Å². The van der Waals surface area contributed by atoms with Crippen LogP contribution in [0.2, 0.25) is 0 Å². The number of ether oxygens (including phenoxy) is 3. The molecule has 1 saturated heterocycles. The number of carboxylic acid groups (broad SMARTS) is 1. The Morgan fingerprint density at radius 1 is 1.02 bits per heavy atom. The van der Waals surface area contributed by atoms with Crippen LogP contribution in [0.5, 0.6) is 17.6 Å². The molecular formula is C36H41N5O7. The zero-order valence-corrected chi connectivity index (χ0v) is 27.2. The van der Waals surface area contributed by atoms with E-state index in [4.69, 9.17) is 14.2 Å². The molecule has 4 atom stereocenters. The number of methoxy groups -OCH3 is 2. The van der Waals surface area contributed by atoms with Crippen molar-refractivity contribution in [3.05, 3.63) is 78.4 Å². The van der Waals surface area contributed by atoms with Crippen molar-refractivity contribution in [2.45, 2.75) is 62.8 Å². The Balaban J connectivity index is 1.30. The molecule has 252 valence electrons. The number of benzene rings is 2. The number of amides is 3. The van der Waals surface area contributed by atoms with Gasteiger partial charge in [-0.25, -0.2) is 9.59 Å². The molecule has 0 bridgehead atoms. The van der Waals surface area contributed by atoms with E-state index in [1.807, 2.05) is 66.7 Å².